The lowest BCUT2D eigenvalue weighted by atomic mass is 10.2. The van der Waals surface area contributed by atoms with Crippen molar-refractivity contribution in [2.24, 2.45) is 0 Å². The second-order valence-corrected chi connectivity index (χ2v) is 4.65. The van der Waals surface area contributed by atoms with Crippen LogP contribution in [0.3, 0.4) is 0 Å². The Bertz CT molecular complexity index is 401. The molecule has 0 aromatic heterocycles. The minimum absolute atomic E-state index is 0.000686. The first-order valence-corrected chi connectivity index (χ1v) is 5.83. The number of carboxylic acid groups (broad SMARTS) is 1. The average molecular weight is 254 g/mol. The number of hydrogen-bond acceptors (Lipinski definition) is 3. The smallest absolute Gasteiger partial charge is 0.328 e. The lowest BCUT2D eigenvalue weighted by Crippen LogP contribution is -2.56. The van der Waals surface area contributed by atoms with Crippen molar-refractivity contribution in [3.63, 3.8) is 0 Å². The number of hydrogen-bond donors (Lipinski definition) is 1. The zero-order valence-corrected chi connectivity index (χ0v) is 10.8. The first-order chi connectivity index (χ1) is 8.32. The summed E-state index contributed by atoms with van der Waals surface area (Å²) in [4.78, 5) is 37.0. The minimum Gasteiger partial charge on any atom is -0.478 e. The molecule has 100 valence electrons. The largest absolute Gasteiger partial charge is 0.478 e. The third kappa shape index (κ3) is 3.32. The van der Waals surface area contributed by atoms with E-state index in [1.807, 2.05) is 13.8 Å². The highest BCUT2D eigenvalue weighted by Crippen LogP contribution is 2.10. The molecule has 6 heteroatoms. The van der Waals surface area contributed by atoms with Crippen molar-refractivity contribution in [3.8, 4) is 0 Å². The van der Waals surface area contributed by atoms with Crippen LogP contribution in [-0.2, 0) is 14.4 Å². The summed E-state index contributed by atoms with van der Waals surface area (Å²) in [6.07, 6.45) is 1.05. The molecule has 1 saturated heterocycles. The van der Waals surface area contributed by atoms with E-state index in [1.54, 1.807) is 6.92 Å². The molecule has 0 aromatic carbocycles. The van der Waals surface area contributed by atoms with Crippen LogP contribution in [0.25, 0.3) is 0 Å². The predicted molar refractivity (Wildman–Crippen MR) is 64.8 cm³/mol. The molecular weight excluding hydrogens is 236 g/mol. The number of nitrogens with zero attached hydrogens (tertiary/aromatic N) is 2. The number of piperazine rings is 1. The fourth-order valence-electron chi connectivity index (χ4n) is 1.89. The topological polar surface area (TPSA) is 77.9 Å². The van der Waals surface area contributed by atoms with E-state index < -0.39 is 17.8 Å². The lowest BCUT2D eigenvalue weighted by molar-refractivity contribution is -0.156. The van der Waals surface area contributed by atoms with E-state index in [4.69, 9.17) is 5.11 Å². The third-order valence-corrected chi connectivity index (χ3v) is 2.78. The van der Waals surface area contributed by atoms with Gasteiger partial charge in [-0.25, -0.2) is 4.79 Å². The van der Waals surface area contributed by atoms with Gasteiger partial charge in [-0.2, -0.15) is 0 Å². The first-order valence-electron chi connectivity index (χ1n) is 5.83. The summed E-state index contributed by atoms with van der Waals surface area (Å²) < 4.78 is 0. The first kappa shape index (κ1) is 14.2. The molecule has 0 aromatic rings. The zero-order chi connectivity index (χ0) is 13.9. The standard InChI is InChI=1S/C12H18N2O4/c1-8(2)14-5-4-13(11(17)12(14)18)7-9(3)6-10(15)16/h6,8H,4-5,7H2,1-3H3,(H,15,16). The normalized spacial score (nSPS) is 17.7. The Morgan fingerprint density at radius 3 is 2.44 bits per heavy atom. The summed E-state index contributed by atoms with van der Waals surface area (Å²) in [5.41, 5.74) is 0.543. The lowest BCUT2D eigenvalue weighted by Gasteiger charge is -2.36. The fourth-order valence-corrected chi connectivity index (χ4v) is 1.89. The van der Waals surface area contributed by atoms with Crippen molar-refractivity contribution in [3.05, 3.63) is 11.6 Å². The van der Waals surface area contributed by atoms with E-state index in [0.717, 1.165) is 6.08 Å². The third-order valence-electron chi connectivity index (χ3n) is 2.78. The molecule has 6 nitrogen and oxygen atoms in total. The molecule has 1 aliphatic heterocycles. The highest BCUT2D eigenvalue weighted by molar-refractivity contribution is 6.35. The molecule has 1 heterocycles. The van der Waals surface area contributed by atoms with Crippen molar-refractivity contribution in [2.45, 2.75) is 26.8 Å². The van der Waals surface area contributed by atoms with Crippen LogP contribution in [0.5, 0.6) is 0 Å². The summed E-state index contributed by atoms with van der Waals surface area (Å²) in [6, 6.07) is -0.000686. The molecule has 0 aliphatic carbocycles. The van der Waals surface area contributed by atoms with Crippen LogP contribution in [0, 0.1) is 0 Å². The Morgan fingerprint density at radius 1 is 1.33 bits per heavy atom. The van der Waals surface area contributed by atoms with Gasteiger partial charge in [-0.1, -0.05) is 0 Å². The monoisotopic (exact) mass is 254 g/mol. The number of carboxylic acids is 1. The minimum atomic E-state index is -1.05. The van der Waals surface area contributed by atoms with Crippen molar-refractivity contribution >= 4 is 17.8 Å². The number of amides is 2. The Hall–Kier alpha value is -1.85. The van der Waals surface area contributed by atoms with Crippen LogP contribution >= 0.6 is 0 Å². The molecule has 0 atom stereocenters. The Labute approximate surface area is 106 Å². The van der Waals surface area contributed by atoms with Crippen LogP contribution in [0.15, 0.2) is 11.6 Å². The maximum Gasteiger partial charge on any atom is 0.328 e. The molecule has 1 rings (SSSR count). The van der Waals surface area contributed by atoms with Crippen molar-refractivity contribution in [1.82, 2.24) is 9.80 Å². The second kappa shape index (κ2) is 5.66. The van der Waals surface area contributed by atoms with Crippen molar-refractivity contribution in [2.75, 3.05) is 19.6 Å². The molecule has 0 unspecified atom stereocenters. The molecule has 2 amide bonds. The van der Waals surface area contributed by atoms with Gasteiger partial charge in [0, 0.05) is 31.8 Å². The number of carbonyl (C=O) groups excluding carboxylic acids is 2. The Balaban J connectivity index is 2.70. The van der Waals surface area contributed by atoms with Crippen LogP contribution in [-0.4, -0.2) is 58.4 Å². The molecule has 1 aliphatic rings. The van der Waals surface area contributed by atoms with Crippen LogP contribution in [0.2, 0.25) is 0 Å². The van der Waals surface area contributed by atoms with E-state index in [1.165, 1.54) is 9.80 Å². The summed E-state index contributed by atoms with van der Waals surface area (Å²) >= 11 is 0. The van der Waals surface area contributed by atoms with Gasteiger partial charge in [0.1, 0.15) is 0 Å². The zero-order valence-electron chi connectivity index (χ0n) is 10.8. The number of rotatable bonds is 4. The fraction of sp³-hybridized carbons (Fsp3) is 0.583. The van der Waals surface area contributed by atoms with Gasteiger partial charge in [0.2, 0.25) is 0 Å². The Kier molecular flexibility index (Phi) is 4.47. The van der Waals surface area contributed by atoms with Crippen molar-refractivity contribution < 1.29 is 19.5 Å². The number of carbonyl (C=O) groups is 3. The highest BCUT2D eigenvalue weighted by Gasteiger charge is 2.33. The van der Waals surface area contributed by atoms with Gasteiger partial charge >= 0.3 is 17.8 Å². The SMILES string of the molecule is CC(=CC(=O)O)CN1CCN(C(C)C)C(=O)C1=O. The second-order valence-electron chi connectivity index (χ2n) is 4.65. The molecule has 0 spiro atoms. The van der Waals surface area contributed by atoms with Crippen molar-refractivity contribution in [1.29, 1.82) is 0 Å². The van der Waals surface area contributed by atoms with Gasteiger partial charge in [-0.05, 0) is 26.3 Å². The highest BCUT2D eigenvalue weighted by atomic mass is 16.4. The van der Waals surface area contributed by atoms with E-state index in [9.17, 15) is 14.4 Å². The predicted octanol–water partition coefficient (Wildman–Crippen LogP) is 0.0965. The summed E-state index contributed by atoms with van der Waals surface area (Å²) in [5, 5.41) is 8.59. The maximum absolute atomic E-state index is 11.8. The summed E-state index contributed by atoms with van der Waals surface area (Å²) in [5.74, 6) is -2.13. The summed E-state index contributed by atoms with van der Waals surface area (Å²) in [6.45, 7) is 6.45. The molecular formula is C12H18N2O4. The van der Waals surface area contributed by atoms with Gasteiger partial charge in [-0.15, -0.1) is 0 Å². The maximum atomic E-state index is 11.8. The van der Waals surface area contributed by atoms with E-state index >= 15 is 0 Å². The summed E-state index contributed by atoms with van der Waals surface area (Å²) in [7, 11) is 0. The molecule has 0 radical (unpaired) electrons. The molecule has 0 bridgehead atoms. The van der Waals surface area contributed by atoms with E-state index in [-0.39, 0.29) is 12.6 Å². The average Bonchev–Trinajstić information content (AvgIpc) is 2.23. The van der Waals surface area contributed by atoms with E-state index in [2.05, 4.69) is 0 Å². The van der Waals surface area contributed by atoms with Gasteiger partial charge in [0.25, 0.3) is 0 Å². The number of aliphatic carboxylic acids is 1. The molecule has 1 fully saturated rings. The van der Waals surface area contributed by atoms with Crippen LogP contribution in [0.4, 0.5) is 0 Å². The Morgan fingerprint density at radius 2 is 1.94 bits per heavy atom. The van der Waals surface area contributed by atoms with Gasteiger partial charge < -0.3 is 14.9 Å². The van der Waals surface area contributed by atoms with Gasteiger partial charge in [0.05, 0.1) is 0 Å². The van der Waals surface area contributed by atoms with E-state index in [0.29, 0.717) is 18.7 Å². The van der Waals surface area contributed by atoms with Gasteiger partial charge in [-0.3, -0.25) is 9.59 Å². The van der Waals surface area contributed by atoms with Crippen LogP contribution in [0.1, 0.15) is 20.8 Å². The molecule has 0 saturated carbocycles. The molecule has 1 N–H and O–H groups in total. The quantitative estimate of drug-likeness (QED) is 0.570. The van der Waals surface area contributed by atoms with Crippen LogP contribution < -0.4 is 0 Å². The van der Waals surface area contributed by atoms with Gasteiger partial charge in [0.15, 0.2) is 0 Å². The molecule has 18 heavy (non-hydrogen) atoms.